The van der Waals surface area contributed by atoms with Gasteiger partial charge in [-0.15, -0.1) is 0 Å². The van der Waals surface area contributed by atoms with Crippen LogP contribution in [0.3, 0.4) is 0 Å². The van der Waals surface area contributed by atoms with Crippen LogP contribution in [0.5, 0.6) is 0 Å². The Morgan fingerprint density at radius 2 is 1.96 bits per heavy atom. The van der Waals surface area contributed by atoms with Gasteiger partial charge in [-0.05, 0) is 43.0 Å². The van der Waals surface area contributed by atoms with E-state index in [0.29, 0.717) is 25.2 Å². The fourth-order valence-corrected chi connectivity index (χ4v) is 5.19. The topological polar surface area (TPSA) is 74.1 Å². The number of carbonyl (C=O) groups is 1. The van der Waals surface area contributed by atoms with Crippen molar-refractivity contribution < 1.29 is 17.6 Å². The molecule has 4 heterocycles. The Hall–Kier alpha value is -1.90. The van der Waals surface area contributed by atoms with Gasteiger partial charge in [-0.1, -0.05) is 0 Å². The van der Waals surface area contributed by atoms with Gasteiger partial charge in [0.15, 0.2) is 0 Å². The second-order valence-electron chi connectivity index (χ2n) is 7.34. The number of furan rings is 1. The molecular weight excluding hydrogens is 354 g/mol. The molecule has 0 spiro atoms. The second-order valence-corrected chi connectivity index (χ2v) is 9.48. The summed E-state index contributed by atoms with van der Waals surface area (Å²) in [4.78, 5) is 15.0. The van der Waals surface area contributed by atoms with E-state index in [9.17, 15) is 13.2 Å². The summed E-state index contributed by atoms with van der Waals surface area (Å²) in [6, 6.07) is 7.18. The largest absolute Gasteiger partial charge is 0.464 e. The Labute approximate surface area is 153 Å². The van der Waals surface area contributed by atoms with Crippen LogP contribution >= 0.6 is 0 Å². The number of amides is 1. The van der Waals surface area contributed by atoms with E-state index in [-0.39, 0.29) is 17.9 Å². The van der Waals surface area contributed by atoms with Crippen LogP contribution in [0.2, 0.25) is 0 Å². The first-order valence-electron chi connectivity index (χ1n) is 8.82. The Balaban J connectivity index is 1.61. The quantitative estimate of drug-likeness (QED) is 0.817. The minimum absolute atomic E-state index is 0.0353. The van der Waals surface area contributed by atoms with Crippen molar-refractivity contribution in [2.24, 2.45) is 5.92 Å². The van der Waals surface area contributed by atoms with Crippen LogP contribution in [-0.2, 0) is 10.2 Å². The number of hydrogen-bond donors (Lipinski definition) is 0. The lowest BCUT2D eigenvalue weighted by Gasteiger charge is -2.36. The molecule has 2 aromatic rings. The maximum atomic E-state index is 13.1. The number of piperidine rings is 1. The molecule has 7 nitrogen and oxygen atoms in total. The van der Waals surface area contributed by atoms with Crippen LogP contribution < -0.4 is 0 Å². The highest BCUT2D eigenvalue weighted by molar-refractivity contribution is 7.86. The Kier molecular flexibility index (Phi) is 4.29. The zero-order chi connectivity index (χ0) is 18.5. The molecule has 3 aliphatic heterocycles. The van der Waals surface area contributed by atoms with Crippen molar-refractivity contribution in [1.82, 2.24) is 13.5 Å². The fraction of sp³-hybridized carbons (Fsp3) is 0.500. The molecule has 0 aliphatic carbocycles. The molecule has 2 atom stereocenters. The summed E-state index contributed by atoms with van der Waals surface area (Å²) >= 11 is 0. The van der Waals surface area contributed by atoms with Gasteiger partial charge < -0.3 is 9.32 Å². The standard InChI is InChI=1S/C18H23N3O4S/c1-19(2)26(23,24)20-10-13-3-5-16(12-20)21(11-13)18(22)15-4-6-17-14(9-15)7-8-25-17/h4,6-9,13,16H,3,5,10-12H2,1-2H3. The Morgan fingerprint density at radius 1 is 1.15 bits per heavy atom. The van der Waals surface area contributed by atoms with E-state index in [1.165, 1.54) is 8.61 Å². The van der Waals surface area contributed by atoms with Crippen molar-refractivity contribution in [3.05, 3.63) is 36.1 Å². The molecule has 0 saturated carbocycles. The van der Waals surface area contributed by atoms with E-state index < -0.39 is 10.2 Å². The van der Waals surface area contributed by atoms with E-state index in [1.54, 1.807) is 32.5 Å². The predicted octanol–water partition coefficient (Wildman–Crippen LogP) is 1.78. The lowest BCUT2D eigenvalue weighted by atomic mass is 9.94. The number of hydrogen-bond acceptors (Lipinski definition) is 4. The summed E-state index contributed by atoms with van der Waals surface area (Å²) in [5.74, 6) is 0.136. The molecule has 8 heteroatoms. The second kappa shape index (κ2) is 6.37. The van der Waals surface area contributed by atoms with Gasteiger partial charge in [0.1, 0.15) is 5.58 Å². The maximum Gasteiger partial charge on any atom is 0.281 e. The van der Waals surface area contributed by atoms with Crippen molar-refractivity contribution in [3.8, 4) is 0 Å². The number of benzene rings is 1. The highest BCUT2D eigenvalue weighted by Crippen LogP contribution is 2.31. The summed E-state index contributed by atoms with van der Waals surface area (Å²) < 4.78 is 33.2. The molecule has 1 amide bonds. The van der Waals surface area contributed by atoms with Gasteiger partial charge in [-0.3, -0.25) is 4.79 Å². The molecule has 2 bridgehead atoms. The molecule has 26 heavy (non-hydrogen) atoms. The van der Waals surface area contributed by atoms with Crippen LogP contribution in [0, 0.1) is 5.92 Å². The molecule has 0 N–H and O–H groups in total. The first-order valence-corrected chi connectivity index (χ1v) is 10.2. The summed E-state index contributed by atoms with van der Waals surface area (Å²) in [7, 11) is -0.374. The van der Waals surface area contributed by atoms with E-state index in [0.717, 1.165) is 23.8 Å². The normalized spacial score (nSPS) is 24.3. The highest BCUT2D eigenvalue weighted by atomic mass is 32.2. The van der Waals surface area contributed by atoms with Crippen LogP contribution in [0.25, 0.3) is 11.0 Å². The molecule has 3 saturated heterocycles. The van der Waals surface area contributed by atoms with Gasteiger partial charge >= 0.3 is 0 Å². The Bertz CT molecular complexity index is 937. The van der Waals surface area contributed by atoms with Crippen LogP contribution in [0.4, 0.5) is 0 Å². The number of fused-ring (bicyclic) bond motifs is 5. The average molecular weight is 377 g/mol. The highest BCUT2D eigenvalue weighted by Gasteiger charge is 2.41. The van der Waals surface area contributed by atoms with Gasteiger partial charge in [0, 0.05) is 50.7 Å². The van der Waals surface area contributed by atoms with Crippen molar-refractivity contribution >= 4 is 27.1 Å². The molecule has 3 fully saturated rings. The molecule has 140 valence electrons. The smallest absolute Gasteiger partial charge is 0.281 e. The Morgan fingerprint density at radius 3 is 2.73 bits per heavy atom. The zero-order valence-electron chi connectivity index (χ0n) is 15.0. The first-order chi connectivity index (χ1) is 12.4. The van der Waals surface area contributed by atoms with Crippen LogP contribution in [0.15, 0.2) is 34.9 Å². The van der Waals surface area contributed by atoms with E-state index in [4.69, 9.17) is 4.42 Å². The molecule has 2 unspecified atom stereocenters. The van der Waals surface area contributed by atoms with Gasteiger partial charge in [-0.2, -0.15) is 17.0 Å². The summed E-state index contributed by atoms with van der Waals surface area (Å²) in [5.41, 5.74) is 1.37. The maximum absolute atomic E-state index is 13.1. The summed E-state index contributed by atoms with van der Waals surface area (Å²) in [6.45, 7) is 1.44. The van der Waals surface area contributed by atoms with Gasteiger partial charge in [0.25, 0.3) is 16.1 Å². The van der Waals surface area contributed by atoms with Crippen molar-refractivity contribution in [2.45, 2.75) is 18.9 Å². The number of nitrogens with zero attached hydrogens (tertiary/aromatic N) is 3. The molecule has 1 aromatic heterocycles. The third-order valence-electron chi connectivity index (χ3n) is 5.43. The molecule has 1 aromatic carbocycles. The van der Waals surface area contributed by atoms with Gasteiger partial charge in [0.05, 0.1) is 6.26 Å². The SMILES string of the molecule is CN(C)S(=O)(=O)N1CC2CCC(C1)N(C(=O)c1ccc3occc3c1)C2. The lowest BCUT2D eigenvalue weighted by molar-refractivity contribution is 0.0588. The minimum Gasteiger partial charge on any atom is -0.464 e. The minimum atomic E-state index is -3.47. The number of carbonyl (C=O) groups excluding carboxylic acids is 1. The third-order valence-corrected chi connectivity index (χ3v) is 7.30. The lowest BCUT2D eigenvalue weighted by Crippen LogP contribution is -2.48. The van der Waals surface area contributed by atoms with E-state index >= 15 is 0 Å². The van der Waals surface area contributed by atoms with Crippen molar-refractivity contribution in [3.63, 3.8) is 0 Å². The molecular formula is C18H23N3O4S. The first kappa shape index (κ1) is 17.5. The van der Waals surface area contributed by atoms with Gasteiger partial charge in [0.2, 0.25) is 0 Å². The summed E-state index contributed by atoms with van der Waals surface area (Å²) in [6.07, 6.45) is 3.40. The monoisotopic (exact) mass is 377 g/mol. The van der Waals surface area contributed by atoms with Crippen molar-refractivity contribution in [2.75, 3.05) is 33.7 Å². The predicted molar refractivity (Wildman–Crippen MR) is 97.9 cm³/mol. The van der Waals surface area contributed by atoms with E-state index in [1.807, 2.05) is 17.0 Å². The van der Waals surface area contributed by atoms with E-state index in [2.05, 4.69) is 0 Å². The van der Waals surface area contributed by atoms with Crippen molar-refractivity contribution in [1.29, 1.82) is 0 Å². The zero-order valence-corrected chi connectivity index (χ0v) is 15.8. The molecule has 5 rings (SSSR count). The molecule has 3 aliphatic rings. The number of rotatable bonds is 3. The third kappa shape index (κ3) is 2.91. The van der Waals surface area contributed by atoms with Crippen LogP contribution in [0.1, 0.15) is 23.2 Å². The summed E-state index contributed by atoms with van der Waals surface area (Å²) in [5, 5.41) is 0.896. The van der Waals surface area contributed by atoms with Crippen LogP contribution in [-0.4, -0.2) is 67.6 Å². The van der Waals surface area contributed by atoms with Gasteiger partial charge in [-0.25, -0.2) is 0 Å². The average Bonchev–Trinajstić information content (AvgIpc) is 2.88. The molecule has 0 radical (unpaired) electrons. The fourth-order valence-electron chi connectivity index (χ4n) is 3.97.